The SMILES string of the molecule is CCOc1ccc(C2/C(=C(/O)c3ccc(OCc4ccccc4)cc3C)C(=O)C(=O)N2Cc2cccnc2)cc1OC. The molecular formula is C34H32N2O6. The lowest BCUT2D eigenvalue weighted by Crippen LogP contribution is -2.29. The highest BCUT2D eigenvalue weighted by molar-refractivity contribution is 6.46. The molecule has 1 fully saturated rings. The standard InChI is InChI=1S/C34H32N2O6/c1-4-41-28-15-12-25(18-29(28)40-3)31-30(33(38)34(39)36(31)20-24-11-8-16-35-19-24)32(37)27-14-13-26(17-22(27)2)42-21-23-9-6-5-7-10-23/h5-19,31,37H,4,20-21H2,1-3H3/b32-30-. The van der Waals surface area contributed by atoms with Crippen LogP contribution in [0.1, 0.15) is 40.8 Å². The fourth-order valence-corrected chi connectivity index (χ4v) is 5.08. The molecule has 0 radical (unpaired) electrons. The van der Waals surface area contributed by atoms with Gasteiger partial charge in [-0.2, -0.15) is 0 Å². The molecule has 1 aliphatic rings. The summed E-state index contributed by atoms with van der Waals surface area (Å²) in [7, 11) is 1.53. The van der Waals surface area contributed by atoms with E-state index in [1.54, 1.807) is 54.9 Å². The van der Waals surface area contributed by atoms with Crippen LogP contribution in [0.4, 0.5) is 0 Å². The highest BCUT2D eigenvalue weighted by Gasteiger charge is 2.46. The number of aliphatic hydroxyl groups is 1. The first-order valence-electron chi connectivity index (χ1n) is 13.7. The fourth-order valence-electron chi connectivity index (χ4n) is 5.08. The summed E-state index contributed by atoms with van der Waals surface area (Å²) in [6.07, 6.45) is 3.29. The van der Waals surface area contributed by atoms with Gasteiger partial charge in [0.25, 0.3) is 11.7 Å². The molecule has 0 bridgehead atoms. The molecule has 1 amide bonds. The van der Waals surface area contributed by atoms with E-state index >= 15 is 0 Å². The van der Waals surface area contributed by atoms with Crippen molar-refractivity contribution in [3.63, 3.8) is 0 Å². The van der Waals surface area contributed by atoms with Gasteiger partial charge < -0.3 is 24.2 Å². The normalized spacial score (nSPS) is 16.0. The molecule has 1 N–H and O–H groups in total. The van der Waals surface area contributed by atoms with Crippen LogP contribution in [0.3, 0.4) is 0 Å². The van der Waals surface area contributed by atoms with E-state index in [0.717, 1.165) is 11.1 Å². The van der Waals surface area contributed by atoms with Gasteiger partial charge in [0.1, 0.15) is 18.1 Å². The van der Waals surface area contributed by atoms with E-state index < -0.39 is 17.7 Å². The van der Waals surface area contributed by atoms with E-state index in [4.69, 9.17) is 14.2 Å². The van der Waals surface area contributed by atoms with Gasteiger partial charge in [-0.1, -0.05) is 42.5 Å². The molecule has 1 aromatic heterocycles. The Morgan fingerprint density at radius 1 is 0.929 bits per heavy atom. The zero-order valence-electron chi connectivity index (χ0n) is 23.7. The van der Waals surface area contributed by atoms with E-state index in [0.29, 0.717) is 47.2 Å². The Morgan fingerprint density at radius 2 is 1.71 bits per heavy atom. The number of hydrogen-bond acceptors (Lipinski definition) is 7. The van der Waals surface area contributed by atoms with Crippen LogP contribution in [0, 0.1) is 6.92 Å². The maximum atomic E-state index is 13.6. The quantitative estimate of drug-likeness (QED) is 0.143. The number of aliphatic hydroxyl groups excluding tert-OH is 1. The Balaban J connectivity index is 1.56. The average Bonchev–Trinajstić information content (AvgIpc) is 3.26. The number of pyridine rings is 1. The molecule has 1 saturated heterocycles. The Morgan fingerprint density at radius 3 is 2.40 bits per heavy atom. The van der Waals surface area contributed by atoms with Gasteiger partial charge in [0.05, 0.1) is 25.3 Å². The van der Waals surface area contributed by atoms with Crippen LogP contribution >= 0.6 is 0 Å². The number of carbonyl (C=O) groups excluding carboxylic acids is 2. The topological polar surface area (TPSA) is 98.2 Å². The summed E-state index contributed by atoms with van der Waals surface area (Å²) >= 11 is 0. The van der Waals surface area contributed by atoms with Gasteiger partial charge >= 0.3 is 0 Å². The number of likely N-dealkylation sites (tertiary alicyclic amines) is 1. The van der Waals surface area contributed by atoms with Crippen LogP contribution < -0.4 is 14.2 Å². The second-order valence-electron chi connectivity index (χ2n) is 9.88. The number of benzene rings is 3. The summed E-state index contributed by atoms with van der Waals surface area (Å²) in [5.41, 5.74) is 3.50. The van der Waals surface area contributed by atoms with Gasteiger partial charge in [-0.05, 0) is 72.5 Å². The first kappa shape index (κ1) is 28.4. The van der Waals surface area contributed by atoms with Gasteiger partial charge in [-0.25, -0.2) is 0 Å². The Bertz CT molecular complexity index is 1620. The monoisotopic (exact) mass is 564 g/mol. The zero-order chi connectivity index (χ0) is 29.6. The lowest BCUT2D eigenvalue weighted by molar-refractivity contribution is -0.140. The van der Waals surface area contributed by atoms with Crippen LogP contribution in [-0.4, -0.2) is 40.4 Å². The highest BCUT2D eigenvalue weighted by atomic mass is 16.5. The number of amides is 1. The molecule has 1 aliphatic heterocycles. The first-order chi connectivity index (χ1) is 20.4. The molecule has 4 aromatic rings. The van der Waals surface area contributed by atoms with Crippen molar-refractivity contribution < 1.29 is 28.9 Å². The summed E-state index contributed by atoms with van der Waals surface area (Å²) in [6, 6.07) is 23.0. The molecule has 5 rings (SSSR count). The largest absolute Gasteiger partial charge is 0.507 e. The predicted molar refractivity (Wildman–Crippen MR) is 158 cm³/mol. The van der Waals surface area contributed by atoms with Gasteiger partial charge in [-0.3, -0.25) is 14.6 Å². The van der Waals surface area contributed by atoms with Crippen LogP contribution in [0.25, 0.3) is 5.76 Å². The molecule has 2 heterocycles. The van der Waals surface area contributed by atoms with Crippen molar-refractivity contribution in [2.24, 2.45) is 0 Å². The molecule has 8 heteroatoms. The van der Waals surface area contributed by atoms with E-state index in [2.05, 4.69) is 4.98 Å². The molecule has 0 spiro atoms. The average molecular weight is 565 g/mol. The van der Waals surface area contributed by atoms with Gasteiger partial charge in [0, 0.05) is 24.5 Å². The minimum Gasteiger partial charge on any atom is -0.507 e. The van der Waals surface area contributed by atoms with Crippen molar-refractivity contribution in [2.45, 2.75) is 33.0 Å². The Kier molecular flexibility index (Phi) is 8.52. The fraction of sp³-hybridized carbons (Fsp3) is 0.206. The third-order valence-corrected chi connectivity index (χ3v) is 7.12. The van der Waals surface area contributed by atoms with Crippen LogP contribution in [0.2, 0.25) is 0 Å². The molecule has 42 heavy (non-hydrogen) atoms. The van der Waals surface area contributed by atoms with Crippen LogP contribution in [-0.2, 0) is 22.7 Å². The lowest BCUT2D eigenvalue weighted by atomic mass is 9.93. The molecule has 1 atom stereocenters. The summed E-state index contributed by atoms with van der Waals surface area (Å²) in [6.45, 7) is 4.66. The second-order valence-corrected chi connectivity index (χ2v) is 9.88. The van der Waals surface area contributed by atoms with Crippen molar-refractivity contribution in [3.8, 4) is 17.2 Å². The van der Waals surface area contributed by atoms with Crippen molar-refractivity contribution >= 4 is 17.4 Å². The smallest absolute Gasteiger partial charge is 0.295 e. The molecule has 0 aliphatic carbocycles. The summed E-state index contributed by atoms with van der Waals surface area (Å²) in [4.78, 5) is 32.6. The molecule has 3 aromatic carbocycles. The van der Waals surface area contributed by atoms with Gasteiger partial charge in [0.15, 0.2) is 11.5 Å². The van der Waals surface area contributed by atoms with Crippen LogP contribution in [0.5, 0.6) is 17.2 Å². The third kappa shape index (κ3) is 5.83. The number of carbonyl (C=O) groups is 2. The zero-order valence-corrected chi connectivity index (χ0v) is 23.7. The van der Waals surface area contributed by atoms with E-state index in [1.807, 2.05) is 50.2 Å². The van der Waals surface area contributed by atoms with E-state index in [9.17, 15) is 14.7 Å². The Hall–Kier alpha value is -5.11. The number of aromatic nitrogens is 1. The van der Waals surface area contributed by atoms with Crippen LogP contribution in [0.15, 0.2) is 96.8 Å². The van der Waals surface area contributed by atoms with E-state index in [1.165, 1.54) is 12.0 Å². The van der Waals surface area contributed by atoms with E-state index in [-0.39, 0.29) is 17.9 Å². The summed E-state index contributed by atoms with van der Waals surface area (Å²) in [5, 5.41) is 11.6. The number of Topliss-reactive ketones (excluding diaryl/α,β-unsaturated/α-hetero) is 1. The third-order valence-electron chi connectivity index (χ3n) is 7.12. The molecule has 8 nitrogen and oxygen atoms in total. The minimum absolute atomic E-state index is 0.00356. The number of rotatable bonds is 10. The van der Waals surface area contributed by atoms with Gasteiger partial charge in [-0.15, -0.1) is 0 Å². The molecule has 1 unspecified atom stereocenters. The number of ether oxygens (including phenoxy) is 3. The second kappa shape index (κ2) is 12.6. The Labute approximate surface area is 244 Å². The summed E-state index contributed by atoms with van der Waals surface area (Å²) in [5.74, 6) is -0.117. The molecule has 214 valence electrons. The minimum atomic E-state index is -0.872. The summed E-state index contributed by atoms with van der Waals surface area (Å²) < 4.78 is 17.2. The number of methoxy groups -OCH3 is 1. The van der Waals surface area contributed by atoms with Crippen molar-refractivity contribution in [1.29, 1.82) is 0 Å². The number of hydrogen-bond donors (Lipinski definition) is 1. The van der Waals surface area contributed by atoms with Crippen molar-refractivity contribution in [3.05, 3.63) is 125 Å². The lowest BCUT2D eigenvalue weighted by Gasteiger charge is -2.26. The number of nitrogens with zero attached hydrogens (tertiary/aromatic N) is 2. The predicted octanol–water partition coefficient (Wildman–Crippen LogP) is 6.00. The molecular weight excluding hydrogens is 532 g/mol. The number of ketones is 1. The highest BCUT2D eigenvalue weighted by Crippen LogP contribution is 2.43. The molecule has 0 saturated carbocycles. The van der Waals surface area contributed by atoms with Crippen molar-refractivity contribution in [2.75, 3.05) is 13.7 Å². The first-order valence-corrected chi connectivity index (χ1v) is 13.7. The maximum absolute atomic E-state index is 13.6. The van der Waals surface area contributed by atoms with Gasteiger partial charge in [0.2, 0.25) is 0 Å². The van der Waals surface area contributed by atoms with Crippen molar-refractivity contribution in [1.82, 2.24) is 9.88 Å². The maximum Gasteiger partial charge on any atom is 0.295 e. The number of aryl methyl sites for hydroxylation is 1.